The first-order valence-corrected chi connectivity index (χ1v) is 7.99. The van der Waals surface area contributed by atoms with E-state index in [1.54, 1.807) is 19.1 Å². The summed E-state index contributed by atoms with van der Waals surface area (Å²) in [5.74, 6) is -0.755. The SMILES string of the molecule is CC(OC(=O)/C(C#N)=C1/Nc2ccccc2N=C1Cl)c1ccccc1. The normalized spacial score (nSPS) is 15.8. The zero-order valence-electron chi connectivity index (χ0n) is 13.4. The lowest BCUT2D eigenvalue weighted by molar-refractivity contribution is -0.143. The Balaban J connectivity index is 1.88. The van der Waals surface area contributed by atoms with Gasteiger partial charge in [-0.2, -0.15) is 5.26 Å². The Kier molecular flexibility index (Phi) is 4.82. The average Bonchev–Trinajstić information content (AvgIpc) is 2.63. The minimum Gasteiger partial charge on any atom is -0.454 e. The monoisotopic (exact) mass is 351 g/mol. The smallest absolute Gasteiger partial charge is 0.351 e. The number of nitrogens with zero attached hydrogens (tertiary/aromatic N) is 2. The van der Waals surface area contributed by atoms with Crippen LogP contribution in [0.4, 0.5) is 11.4 Å². The number of aliphatic imine (C=N–C) groups is 1. The molecule has 5 nitrogen and oxygen atoms in total. The van der Waals surface area contributed by atoms with Gasteiger partial charge in [-0.3, -0.25) is 0 Å². The van der Waals surface area contributed by atoms with E-state index < -0.39 is 12.1 Å². The lowest BCUT2D eigenvalue weighted by Gasteiger charge is -2.19. The summed E-state index contributed by atoms with van der Waals surface area (Å²) < 4.78 is 5.41. The van der Waals surface area contributed by atoms with Crippen molar-refractivity contribution in [3.8, 4) is 6.07 Å². The van der Waals surface area contributed by atoms with Crippen LogP contribution in [0.15, 0.2) is 70.9 Å². The van der Waals surface area contributed by atoms with Crippen LogP contribution in [0.5, 0.6) is 0 Å². The molecule has 0 bridgehead atoms. The summed E-state index contributed by atoms with van der Waals surface area (Å²) in [5, 5.41) is 12.5. The molecule has 0 radical (unpaired) electrons. The molecule has 124 valence electrons. The fourth-order valence-corrected chi connectivity index (χ4v) is 2.64. The molecule has 2 aromatic rings. The molecule has 0 saturated heterocycles. The Morgan fingerprint density at radius 2 is 1.88 bits per heavy atom. The topological polar surface area (TPSA) is 74.5 Å². The molecule has 3 rings (SSSR count). The highest BCUT2D eigenvalue weighted by Gasteiger charge is 2.25. The molecular weight excluding hydrogens is 338 g/mol. The van der Waals surface area contributed by atoms with Crippen molar-refractivity contribution in [3.63, 3.8) is 0 Å². The van der Waals surface area contributed by atoms with E-state index in [2.05, 4.69) is 10.3 Å². The van der Waals surface area contributed by atoms with Gasteiger partial charge in [-0.1, -0.05) is 54.1 Å². The Labute approximate surface area is 150 Å². The van der Waals surface area contributed by atoms with E-state index in [0.717, 1.165) is 5.56 Å². The van der Waals surface area contributed by atoms with Crippen LogP contribution in [-0.4, -0.2) is 11.1 Å². The summed E-state index contributed by atoms with van der Waals surface area (Å²) in [6.07, 6.45) is -0.496. The number of hydrogen-bond acceptors (Lipinski definition) is 5. The third kappa shape index (κ3) is 3.54. The second kappa shape index (κ2) is 7.20. The molecule has 2 aromatic carbocycles. The number of hydrogen-bond donors (Lipinski definition) is 1. The molecule has 0 aliphatic carbocycles. The van der Waals surface area contributed by atoms with Gasteiger partial charge in [-0.15, -0.1) is 0 Å². The molecule has 0 spiro atoms. The van der Waals surface area contributed by atoms with Gasteiger partial charge in [0.1, 0.15) is 17.9 Å². The maximum absolute atomic E-state index is 12.5. The van der Waals surface area contributed by atoms with Crippen LogP contribution in [0.3, 0.4) is 0 Å². The second-order valence-corrected chi connectivity index (χ2v) is 5.72. The van der Waals surface area contributed by atoms with Gasteiger partial charge in [-0.25, -0.2) is 9.79 Å². The lowest BCUT2D eigenvalue weighted by atomic mass is 10.1. The Bertz CT molecular complexity index is 914. The molecule has 25 heavy (non-hydrogen) atoms. The average molecular weight is 352 g/mol. The maximum atomic E-state index is 12.5. The van der Waals surface area contributed by atoms with Gasteiger partial charge in [0.25, 0.3) is 0 Å². The van der Waals surface area contributed by atoms with Crippen molar-refractivity contribution in [2.45, 2.75) is 13.0 Å². The number of nitrogens with one attached hydrogen (secondary N) is 1. The first kappa shape index (κ1) is 16.7. The molecule has 1 N–H and O–H groups in total. The number of para-hydroxylation sites is 2. The van der Waals surface area contributed by atoms with Crippen molar-refractivity contribution in [1.82, 2.24) is 0 Å². The summed E-state index contributed by atoms with van der Waals surface area (Å²) in [5.41, 5.74) is 2.07. The third-order valence-electron chi connectivity index (χ3n) is 3.71. The summed E-state index contributed by atoms with van der Waals surface area (Å²) in [7, 11) is 0. The van der Waals surface area contributed by atoms with Crippen molar-refractivity contribution in [3.05, 3.63) is 71.4 Å². The molecule has 0 amide bonds. The number of carbonyl (C=O) groups is 1. The number of anilines is 1. The molecule has 1 atom stereocenters. The fourth-order valence-electron chi connectivity index (χ4n) is 2.41. The van der Waals surface area contributed by atoms with Crippen molar-refractivity contribution in [1.29, 1.82) is 5.26 Å². The van der Waals surface area contributed by atoms with Gasteiger partial charge in [-0.05, 0) is 24.6 Å². The van der Waals surface area contributed by atoms with Crippen LogP contribution >= 0.6 is 11.6 Å². The Morgan fingerprint density at radius 1 is 1.20 bits per heavy atom. The zero-order chi connectivity index (χ0) is 17.8. The quantitative estimate of drug-likeness (QED) is 0.503. The molecule has 0 fully saturated rings. The predicted molar refractivity (Wildman–Crippen MR) is 96.6 cm³/mol. The molecule has 0 saturated carbocycles. The number of halogens is 1. The Hall–Kier alpha value is -3.10. The highest BCUT2D eigenvalue weighted by molar-refractivity contribution is 6.70. The summed E-state index contributed by atoms with van der Waals surface area (Å²) in [4.78, 5) is 16.7. The number of esters is 1. The van der Waals surface area contributed by atoms with Crippen molar-refractivity contribution < 1.29 is 9.53 Å². The zero-order valence-corrected chi connectivity index (χ0v) is 14.1. The maximum Gasteiger partial charge on any atom is 0.351 e. The highest BCUT2D eigenvalue weighted by atomic mass is 35.5. The van der Waals surface area contributed by atoms with E-state index in [-0.39, 0.29) is 16.4 Å². The van der Waals surface area contributed by atoms with Crippen LogP contribution in [0.25, 0.3) is 0 Å². The van der Waals surface area contributed by atoms with Gasteiger partial charge < -0.3 is 10.1 Å². The van der Waals surface area contributed by atoms with E-state index in [0.29, 0.717) is 11.4 Å². The van der Waals surface area contributed by atoms with E-state index >= 15 is 0 Å². The van der Waals surface area contributed by atoms with E-state index in [4.69, 9.17) is 16.3 Å². The minimum absolute atomic E-state index is 0.0413. The molecule has 1 heterocycles. The number of nitriles is 1. The van der Waals surface area contributed by atoms with Gasteiger partial charge in [0.05, 0.1) is 11.4 Å². The van der Waals surface area contributed by atoms with E-state index in [1.807, 2.05) is 48.5 Å². The third-order valence-corrected chi connectivity index (χ3v) is 3.98. The number of fused-ring (bicyclic) bond motifs is 1. The van der Waals surface area contributed by atoms with Gasteiger partial charge in [0, 0.05) is 0 Å². The van der Waals surface area contributed by atoms with Crippen LogP contribution in [0, 0.1) is 11.3 Å². The molecular formula is C19H14ClN3O2. The second-order valence-electron chi connectivity index (χ2n) is 5.36. The Morgan fingerprint density at radius 3 is 2.60 bits per heavy atom. The summed E-state index contributed by atoms with van der Waals surface area (Å²) in [6, 6.07) is 18.4. The molecule has 1 unspecified atom stereocenters. The van der Waals surface area contributed by atoms with Gasteiger partial charge >= 0.3 is 5.97 Å². The number of carbonyl (C=O) groups excluding carboxylic acids is 1. The predicted octanol–water partition coefficient (Wildman–Crippen LogP) is 4.46. The minimum atomic E-state index is -0.755. The van der Waals surface area contributed by atoms with Crippen molar-refractivity contribution >= 4 is 34.1 Å². The summed E-state index contributed by atoms with van der Waals surface area (Å²) in [6.45, 7) is 1.74. The standard InChI is InChI=1S/C19H14ClN3O2/c1-12(13-7-3-2-4-8-13)25-19(24)14(11-21)17-18(20)23-16-10-6-5-9-15(16)22-17/h2-10,12,22H,1H3/b17-14+. The molecule has 1 aliphatic heterocycles. The van der Waals surface area contributed by atoms with Gasteiger partial charge in [0.15, 0.2) is 10.7 Å². The summed E-state index contributed by atoms with van der Waals surface area (Å²) >= 11 is 6.15. The van der Waals surface area contributed by atoms with Crippen LogP contribution in [-0.2, 0) is 9.53 Å². The highest BCUT2D eigenvalue weighted by Crippen LogP contribution is 2.33. The van der Waals surface area contributed by atoms with E-state index in [9.17, 15) is 10.1 Å². The fraction of sp³-hybridized carbons (Fsp3) is 0.105. The van der Waals surface area contributed by atoms with Crippen molar-refractivity contribution in [2.75, 3.05) is 5.32 Å². The largest absolute Gasteiger partial charge is 0.454 e. The van der Waals surface area contributed by atoms with Crippen LogP contribution in [0.2, 0.25) is 0 Å². The number of rotatable bonds is 3. The van der Waals surface area contributed by atoms with E-state index in [1.165, 1.54) is 0 Å². The lowest BCUT2D eigenvalue weighted by Crippen LogP contribution is -2.19. The molecule has 1 aliphatic rings. The van der Waals surface area contributed by atoms with Crippen LogP contribution < -0.4 is 5.32 Å². The first-order valence-electron chi connectivity index (χ1n) is 7.61. The first-order chi connectivity index (χ1) is 12.1. The number of benzene rings is 2. The molecule has 0 aromatic heterocycles. The number of allylic oxidation sites excluding steroid dienone is 1. The van der Waals surface area contributed by atoms with Crippen molar-refractivity contribution in [2.24, 2.45) is 4.99 Å². The van der Waals surface area contributed by atoms with Crippen LogP contribution in [0.1, 0.15) is 18.6 Å². The molecule has 6 heteroatoms. The number of ether oxygens (including phenoxy) is 1. The van der Waals surface area contributed by atoms with Gasteiger partial charge in [0.2, 0.25) is 0 Å².